The molecule has 1 N–H and O–H groups in total. The van der Waals surface area contributed by atoms with Crippen molar-refractivity contribution >= 4 is 21.4 Å². The highest BCUT2D eigenvalue weighted by Gasteiger charge is 2.32. The van der Waals surface area contributed by atoms with E-state index in [-0.39, 0.29) is 17.4 Å². The van der Waals surface area contributed by atoms with Crippen molar-refractivity contribution in [2.75, 3.05) is 16.8 Å². The van der Waals surface area contributed by atoms with E-state index in [2.05, 4.69) is 10.3 Å². The summed E-state index contributed by atoms with van der Waals surface area (Å²) in [7, 11) is -3.07. The molecule has 1 aliphatic rings. The van der Waals surface area contributed by atoms with Gasteiger partial charge in [0.15, 0.2) is 9.84 Å². The Labute approximate surface area is 140 Å². The molecule has 0 spiro atoms. The van der Waals surface area contributed by atoms with Gasteiger partial charge in [0.05, 0.1) is 29.3 Å². The van der Waals surface area contributed by atoms with E-state index in [1.165, 1.54) is 6.20 Å². The van der Waals surface area contributed by atoms with Gasteiger partial charge in [-0.1, -0.05) is 17.7 Å². The number of hydrogen-bond donors (Lipinski definition) is 1. The molecule has 0 unspecified atom stereocenters. The fraction of sp³-hybridized carbons (Fsp3) is 0.294. The largest absolute Gasteiger partial charge is 0.439 e. The minimum Gasteiger partial charge on any atom is -0.439 e. The first kappa shape index (κ1) is 16.4. The molecule has 0 bridgehead atoms. The highest BCUT2D eigenvalue weighted by atomic mass is 32.2. The molecule has 6 nitrogen and oxygen atoms in total. The predicted octanol–water partition coefficient (Wildman–Crippen LogP) is 2.56. The fourth-order valence-electron chi connectivity index (χ4n) is 2.49. The molecule has 0 radical (unpaired) electrons. The van der Waals surface area contributed by atoms with Crippen molar-refractivity contribution < 1.29 is 17.9 Å². The summed E-state index contributed by atoms with van der Waals surface area (Å²) in [5, 5.41) is 2.70. The van der Waals surface area contributed by atoms with Crippen molar-refractivity contribution in [1.29, 1.82) is 0 Å². The molecular formula is C17H18N2O4S. The zero-order chi connectivity index (χ0) is 17.2. The predicted molar refractivity (Wildman–Crippen MR) is 90.9 cm³/mol. The maximum absolute atomic E-state index is 12.1. The highest BCUT2D eigenvalue weighted by Crippen LogP contribution is 2.23. The van der Waals surface area contributed by atoms with E-state index in [0.29, 0.717) is 23.7 Å². The Morgan fingerprint density at radius 1 is 1.21 bits per heavy atom. The second-order valence-electron chi connectivity index (χ2n) is 5.89. The molecule has 3 rings (SSSR count). The van der Waals surface area contributed by atoms with Crippen molar-refractivity contribution in [3.05, 3.63) is 48.2 Å². The number of anilines is 1. The van der Waals surface area contributed by atoms with Gasteiger partial charge in [0, 0.05) is 6.07 Å². The maximum atomic E-state index is 12.1. The Balaban J connectivity index is 1.60. The van der Waals surface area contributed by atoms with Crippen LogP contribution in [-0.2, 0) is 14.6 Å². The molecule has 1 aliphatic heterocycles. The molecular weight excluding hydrogens is 328 g/mol. The molecule has 1 aromatic carbocycles. The molecule has 2 heterocycles. The first-order chi connectivity index (χ1) is 11.4. The molecule has 1 aromatic heterocycles. The quantitative estimate of drug-likeness (QED) is 0.919. The van der Waals surface area contributed by atoms with E-state index < -0.39 is 15.8 Å². The topological polar surface area (TPSA) is 85.4 Å². The number of aryl methyl sites for hydroxylation is 1. The van der Waals surface area contributed by atoms with Gasteiger partial charge in [-0.2, -0.15) is 0 Å². The zero-order valence-corrected chi connectivity index (χ0v) is 14.0. The molecule has 2 aromatic rings. The van der Waals surface area contributed by atoms with Gasteiger partial charge < -0.3 is 10.1 Å². The summed E-state index contributed by atoms with van der Waals surface area (Å²) in [5.41, 5.74) is 1.66. The Morgan fingerprint density at radius 3 is 2.54 bits per heavy atom. The molecule has 126 valence electrons. The number of carbonyl (C=O) groups excluding carboxylic acids is 1. The third-order valence-electron chi connectivity index (χ3n) is 3.85. The second-order valence-corrected chi connectivity index (χ2v) is 8.12. The smallest absolute Gasteiger partial charge is 0.228 e. The van der Waals surface area contributed by atoms with E-state index in [9.17, 15) is 13.2 Å². The van der Waals surface area contributed by atoms with Crippen LogP contribution in [0.15, 0.2) is 42.6 Å². The molecule has 0 aliphatic carbocycles. The van der Waals surface area contributed by atoms with Crippen molar-refractivity contribution in [3.63, 3.8) is 0 Å². The SMILES string of the molecule is Cc1ccc(Oc2ccc(NC(=O)[C@@H]3CCS(=O)(=O)C3)cn2)cc1. The summed E-state index contributed by atoms with van der Waals surface area (Å²) < 4.78 is 28.5. The van der Waals surface area contributed by atoms with E-state index in [1.54, 1.807) is 12.1 Å². The summed E-state index contributed by atoms with van der Waals surface area (Å²) in [6.07, 6.45) is 1.86. The van der Waals surface area contributed by atoms with Crippen molar-refractivity contribution in [3.8, 4) is 11.6 Å². The molecule has 1 saturated heterocycles. The van der Waals surface area contributed by atoms with E-state index in [1.807, 2.05) is 31.2 Å². The molecule has 24 heavy (non-hydrogen) atoms. The Bertz CT molecular complexity index is 830. The van der Waals surface area contributed by atoms with Crippen molar-refractivity contribution in [1.82, 2.24) is 4.98 Å². The standard InChI is InChI=1S/C17H18N2O4S/c1-12-2-5-15(6-3-12)23-16-7-4-14(10-18-16)19-17(20)13-8-9-24(21,22)11-13/h2-7,10,13H,8-9,11H2,1H3,(H,19,20)/t13-/m1/s1. The summed E-state index contributed by atoms with van der Waals surface area (Å²) in [6, 6.07) is 10.9. The van der Waals surface area contributed by atoms with Crippen LogP contribution in [0.5, 0.6) is 11.6 Å². The summed E-state index contributed by atoms with van der Waals surface area (Å²) >= 11 is 0. The van der Waals surface area contributed by atoms with Crippen LogP contribution < -0.4 is 10.1 Å². The zero-order valence-electron chi connectivity index (χ0n) is 13.2. The van der Waals surface area contributed by atoms with Gasteiger partial charge in [0.1, 0.15) is 5.75 Å². The third-order valence-corrected chi connectivity index (χ3v) is 5.62. The number of nitrogens with one attached hydrogen (secondary N) is 1. The number of hydrogen-bond acceptors (Lipinski definition) is 5. The first-order valence-corrected chi connectivity index (χ1v) is 9.45. The first-order valence-electron chi connectivity index (χ1n) is 7.63. The summed E-state index contributed by atoms with van der Waals surface area (Å²) in [4.78, 5) is 16.2. The van der Waals surface area contributed by atoms with Gasteiger partial charge in [0.2, 0.25) is 11.8 Å². The van der Waals surface area contributed by atoms with Crippen molar-refractivity contribution in [2.24, 2.45) is 5.92 Å². The van der Waals surface area contributed by atoms with Crippen LogP contribution in [0.4, 0.5) is 5.69 Å². The number of rotatable bonds is 4. The Hall–Kier alpha value is -2.41. The molecule has 1 atom stereocenters. The molecule has 1 fully saturated rings. The number of benzene rings is 1. The van der Waals surface area contributed by atoms with Gasteiger partial charge in [-0.15, -0.1) is 0 Å². The van der Waals surface area contributed by atoms with Gasteiger partial charge >= 0.3 is 0 Å². The summed E-state index contributed by atoms with van der Waals surface area (Å²) in [5.74, 6) is 0.318. The van der Waals surface area contributed by atoms with Crippen LogP contribution in [0, 0.1) is 12.8 Å². The van der Waals surface area contributed by atoms with Crippen LogP contribution >= 0.6 is 0 Å². The highest BCUT2D eigenvalue weighted by molar-refractivity contribution is 7.91. The lowest BCUT2D eigenvalue weighted by molar-refractivity contribution is -0.119. The van der Waals surface area contributed by atoms with Crippen LogP contribution in [0.25, 0.3) is 0 Å². The van der Waals surface area contributed by atoms with Crippen LogP contribution in [0.1, 0.15) is 12.0 Å². The lowest BCUT2D eigenvalue weighted by Gasteiger charge is -2.10. The number of ether oxygens (including phenoxy) is 1. The van der Waals surface area contributed by atoms with Gasteiger partial charge in [-0.25, -0.2) is 13.4 Å². The van der Waals surface area contributed by atoms with Crippen LogP contribution in [0.2, 0.25) is 0 Å². The Morgan fingerprint density at radius 2 is 1.96 bits per heavy atom. The maximum Gasteiger partial charge on any atom is 0.228 e. The Kier molecular flexibility index (Phi) is 4.53. The van der Waals surface area contributed by atoms with Gasteiger partial charge in [-0.05, 0) is 31.5 Å². The third kappa shape index (κ3) is 4.11. The number of aromatic nitrogens is 1. The van der Waals surface area contributed by atoms with Crippen LogP contribution in [0.3, 0.4) is 0 Å². The molecule has 0 saturated carbocycles. The van der Waals surface area contributed by atoms with Crippen LogP contribution in [-0.4, -0.2) is 30.8 Å². The van der Waals surface area contributed by atoms with E-state index in [4.69, 9.17) is 4.74 Å². The van der Waals surface area contributed by atoms with E-state index in [0.717, 1.165) is 5.56 Å². The number of nitrogens with zero attached hydrogens (tertiary/aromatic N) is 1. The minimum absolute atomic E-state index is 0.0761. The number of amides is 1. The minimum atomic E-state index is -3.07. The molecule has 7 heteroatoms. The number of sulfone groups is 1. The average molecular weight is 346 g/mol. The number of carbonyl (C=O) groups is 1. The lowest BCUT2D eigenvalue weighted by Crippen LogP contribution is -2.23. The lowest BCUT2D eigenvalue weighted by atomic mass is 10.1. The monoisotopic (exact) mass is 346 g/mol. The molecule has 1 amide bonds. The van der Waals surface area contributed by atoms with Gasteiger partial charge in [-0.3, -0.25) is 4.79 Å². The van der Waals surface area contributed by atoms with Gasteiger partial charge in [0.25, 0.3) is 0 Å². The second kappa shape index (κ2) is 6.60. The normalized spacial score (nSPS) is 19.0. The number of pyridine rings is 1. The average Bonchev–Trinajstić information content (AvgIpc) is 2.92. The van der Waals surface area contributed by atoms with Crippen molar-refractivity contribution in [2.45, 2.75) is 13.3 Å². The fourth-order valence-corrected chi connectivity index (χ4v) is 4.23. The summed E-state index contributed by atoms with van der Waals surface area (Å²) in [6.45, 7) is 2.00. The van der Waals surface area contributed by atoms with E-state index >= 15 is 0 Å².